The van der Waals surface area contributed by atoms with Gasteiger partial charge in [-0.2, -0.15) is 18.3 Å². The van der Waals surface area contributed by atoms with Gasteiger partial charge in [0.25, 0.3) is 0 Å². The molecule has 0 bridgehead atoms. The minimum Gasteiger partial charge on any atom is -0.401 e. The van der Waals surface area contributed by atoms with Crippen LogP contribution in [0.15, 0.2) is 51.8 Å². The SMILES string of the molecule is Cc1cccc2nc(-c3cc(C(F)(F)F)nn3-c3ncccc3Cl)oc(=O)c12. The third kappa shape index (κ3) is 3.03. The van der Waals surface area contributed by atoms with Crippen molar-refractivity contribution in [2.75, 3.05) is 0 Å². The van der Waals surface area contributed by atoms with Crippen molar-refractivity contribution in [3.8, 4) is 17.4 Å². The molecule has 3 heterocycles. The lowest BCUT2D eigenvalue weighted by Gasteiger charge is -2.07. The van der Waals surface area contributed by atoms with Crippen molar-refractivity contribution in [3.63, 3.8) is 0 Å². The summed E-state index contributed by atoms with van der Waals surface area (Å²) in [5.41, 5.74) is -1.18. The summed E-state index contributed by atoms with van der Waals surface area (Å²) in [5.74, 6) is -0.378. The fourth-order valence-electron chi connectivity index (χ4n) is 2.76. The Morgan fingerprint density at radius 3 is 2.68 bits per heavy atom. The van der Waals surface area contributed by atoms with Crippen LogP contribution in [0.2, 0.25) is 5.02 Å². The Bertz CT molecular complexity index is 1260. The number of fused-ring (bicyclic) bond motifs is 1. The Labute approximate surface area is 160 Å². The van der Waals surface area contributed by atoms with Crippen LogP contribution in [0, 0.1) is 6.92 Å². The average molecular weight is 407 g/mol. The summed E-state index contributed by atoms with van der Waals surface area (Å²) in [6.45, 7) is 1.71. The topological polar surface area (TPSA) is 73.8 Å². The molecule has 142 valence electrons. The van der Waals surface area contributed by atoms with Gasteiger partial charge in [-0.25, -0.2) is 19.4 Å². The fourth-order valence-corrected chi connectivity index (χ4v) is 2.96. The number of pyridine rings is 1. The molecule has 0 aliphatic heterocycles. The lowest BCUT2D eigenvalue weighted by molar-refractivity contribution is -0.141. The van der Waals surface area contributed by atoms with E-state index in [1.54, 1.807) is 25.1 Å². The molecule has 0 amide bonds. The second-order valence-electron chi connectivity index (χ2n) is 5.91. The zero-order valence-corrected chi connectivity index (χ0v) is 14.9. The third-order valence-electron chi connectivity index (χ3n) is 4.02. The van der Waals surface area contributed by atoms with Gasteiger partial charge in [0.1, 0.15) is 5.69 Å². The molecule has 0 aliphatic carbocycles. The van der Waals surface area contributed by atoms with Crippen LogP contribution < -0.4 is 5.63 Å². The van der Waals surface area contributed by atoms with Crippen LogP contribution in [0.5, 0.6) is 0 Å². The molecule has 0 fully saturated rings. The Kier molecular flexibility index (Phi) is 4.19. The van der Waals surface area contributed by atoms with Gasteiger partial charge < -0.3 is 4.42 Å². The summed E-state index contributed by atoms with van der Waals surface area (Å²) >= 11 is 6.07. The van der Waals surface area contributed by atoms with E-state index in [0.717, 1.165) is 10.7 Å². The van der Waals surface area contributed by atoms with E-state index in [0.29, 0.717) is 11.1 Å². The number of alkyl halides is 3. The number of rotatable bonds is 2. The first-order valence-corrected chi connectivity index (χ1v) is 8.32. The second kappa shape index (κ2) is 6.45. The van der Waals surface area contributed by atoms with Crippen LogP contribution in [0.4, 0.5) is 13.2 Å². The highest BCUT2D eigenvalue weighted by molar-refractivity contribution is 6.32. The van der Waals surface area contributed by atoms with Gasteiger partial charge in [-0.15, -0.1) is 0 Å². The van der Waals surface area contributed by atoms with E-state index in [1.165, 1.54) is 18.3 Å². The van der Waals surface area contributed by atoms with Crippen LogP contribution in [-0.4, -0.2) is 19.7 Å². The largest absolute Gasteiger partial charge is 0.435 e. The van der Waals surface area contributed by atoms with E-state index >= 15 is 0 Å². The first-order chi connectivity index (χ1) is 13.3. The standard InChI is InChI=1S/C18H10ClF3N4O2/c1-9-4-2-6-11-14(9)17(27)28-16(24-11)12-8-13(18(20,21)22)25-26(12)15-10(19)5-3-7-23-15/h2-8H,1H3. The van der Waals surface area contributed by atoms with Gasteiger partial charge in [0, 0.05) is 12.3 Å². The minimum atomic E-state index is -4.73. The molecule has 0 saturated heterocycles. The molecule has 0 atom stereocenters. The summed E-state index contributed by atoms with van der Waals surface area (Å²) in [6, 6.07) is 8.68. The number of halogens is 4. The molecule has 0 unspecified atom stereocenters. The highest BCUT2D eigenvalue weighted by Crippen LogP contribution is 2.33. The number of hydrogen-bond donors (Lipinski definition) is 0. The number of benzene rings is 1. The van der Waals surface area contributed by atoms with Crippen molar-refractivity contribution in [2.24, 2.45) is 0 Å². The second-order valence-corrected chi connectivity index (χ2v) is 6.32. The molecular formula is C18H10ClF3N4O2. The molecule has 0 radical (unpaired) electrons. The predicted molar refractivity (Wildman–Crippen MR) is 95.4 cm³/mol. The Balaban J connectivity index is 2.02. The summed E-state index contributed by atoms with van der Waals surface area (Å²) in [6.07, 6.45) is -3.37. The molecule has 0 N–H and O–H groups in total. The van der Waals surface area contributed by atoms with E-state index in [9.17, 15) is 18.0 Å². The van der Waals surface area contributed by atoms with Crippen LogP contribution in [0.25, 0.3) is 28.3 Å². The maximum absolute atomic E-state index is 13.3. The molecule has 1 aromatic carbocycles. The van der Waals surface area contributed by atoms with Gasteiger partial charge in [0.15, 0.2) is 11.5 Å². The summed E-state index contributed by atoms with van der Waals surface area (Å²) in [4.78, 5) is 20.6. The molecule has 28 heavy (non-hydrogen) atoms. The first kappa shape index (κ1) is 18.2. The monoisotopic (exact) mass is 406 g/mol. The molecular weight excluding hydrogens is 397 g/mol. The van der Waals surface area contributed by atoms with Gasteiger partial charge in [-0.1, -0.05) is 23.7 Å². The average Bonchev–Trinajstić information content (AvgIpc) is 3.07. The van der Waals surface area contributed by atoms with Gasteiger partial charge in [-0.05, 0) is 30.7 Å². The maximum Gasteiger partial charge on any atom is 0.435 e. The summed E-state index contributed by atoms with van der Waals surface area (Å²) < 4.78 is 45.8. The van der Waals surface area contributed by atoms with E-state index in [2.05, 4.69) is 15.1 Å². The third-order valence-corrected chi connectivity index (χ3v) is 4.32. The lowest BCUT2D eigenvalue weighted by Crippen LogP contribution is -2.09. The number of aromatic nitrogens is 4. The smallest absolute Gasteiger partial charge is 0.401 e. The van der Waals surface area contributed by atoms with Crippen molar-refractivity contribution in [2.45, 2.75) is 13.1 Å². The van der Waals surface area contributed by atoms with E-state index < -0.39 is 17.5 Å². The van der Waals surface area contributed by atoms with Gasteiger partial charge >= 0.3 is 11.8 Å². The summed E-state index contributed by atoms with van der Waals surface area (Å²) in [7, 11) is 0. The highest BCUT2D eigenvalue weighted by atomic mass is 35.5. The number of nitrogens with zero attached hydrogens (tertiary/aromatic N) is 4. The lowest BCUT2D eigenvalue weighted by atomic mass is 10.1. The van der Waals surface area contributed by atoms with Crippen molar-refractivity contribution in [1.82, 2.24) is 19.7 Å². The minimum absolute atomic E-state index is 0.0524. The van der Waals surface area contributed by atoms with Crippen molar-refractivity contribution in [3.05, 3.63) is 69.3 Å². The molecule has 3 aromatic heterocycles. The van der Waals surface area contributed by atoms with Crippen molar-refractivity contribution < 1.29 is 17.6 Å². The molecule has 4 aromatic rings. The van der Waals surface area contributed by atoms with E-state index in [1.807, 2.05) is 0 Å². The molecule has 10 heteroatoms. The Morgan fingerprint density at radius 1 is 1.18 bits per heavy atom. The van der Waals surface area contributed by atoms with Gasteiger partial charge in [-0.3, -0.25) is 0 Å². The van der Waals surface area contributed by atoms with E-state index in [4.69, 9.17) is 16.0 Å². The Morgan fingerprint density at radius 2 is 1.96 bits per heavy atom. The predicted octanol–water partition coefficient (Wildman–Crippen LogP) is 4.42. The van der Waals surface area contributed by atoms with Crippen molar-refractivity contribution >= 4 is 22.5 Å². The van der Waals surface area contributed by atoms with Crippen molar-refractivity contribution in [1.29, 1.82) is 0 Å². The van der Waals surface area contributed by atoms with Crippen LogP contribution in [0.1, 0.15) is 11.3 Å². The molecule has 0 saturated carbocycles. The van der Waals surface area contributed by atoms with Crippen LogP contribution in [-0.2, 0) is 6.18 Å². The molecule has 4 rings (SSSR count). The first-order valence-electron chi connectivity index (χ1n) is 7.94. The zero-order valence-electron chi connectivity index (χ0n) is 14.2. The highest BCUT2D eigenvalue weighted by Gasteiger charge is 2.36. The van der Waals surface area contributed by atoms with Crippen LogP contribution in [0.3, 0.4) is 0 Å². The molecule has 6 nitrogen and oxygen atoms in total. The molecule has 0 spiro atoms. The van der Waals surface area contributed by atoms with E-state index in [-0.39, 0.29) is 27.8 Å². The van der Waals surface area contributed by atoms with Crippen LogP contribution >= 0.6 is 11.6 Å². The molecule has 0 aliphatic rings. The maximum atomic E-state index is 13.3. The zero-order chi connectivity index (χ0) is 20.1. The van der Waals surface area contributed by atoms with Gasteiger partial charge in [0.05, 0.1) is 15.9 Å². The fraction of sp³-hybridized carbons (Fsp3) is 0.111. The number of aryl methyl sites for hydroxylation is 1. The normalized spacial score (nSPS) is 11.9. The quantitative estimate of drug-likeness (QED) is 0.493. The number of hydrogen-bond acceptors (Lipinski definition) is 5. The summed E-state index contributed by atoms with van der Waals surface area (Å²) in [5, 5.41) is 3.88. The van der Waals surface area contributed by atoms with Gasteiger partial charge in [0.2, 0.25) is 5.89 Å². The Hall–Kier alpha value is -3.20.